The summed E-state index contributed by atoms with van der Waals surface area (Å²) in [5.74, 6) is -0.106. The Labute approximate surface area is 207 Å². The maximum absolute atomic E-state index is 13.6. The van der Waals surface area contributed by atoms with Crippen LogP contribution in [0.1, 0.15) is 34.6 Å². The van der Waals surface area contributed by atoms with Crippen molar-refractivity contribution in [3.63, 3.8) is 0 Å². The van der Waals surface area contributed by atoms with Gasteiger partial charge in [-0.25, -0.2) is 4.39 Å². The minimum atomic E-state index is -0.371. The highest BCUT2D eigenvalue weighted by atomic mass is 19.1. The van der Waals surface area contributed by atoms with E-state index >= 15 is 0 Å². The van der Waals surface area contributed by atoms with E-state index in [1.165, 1.54) is 12.1 Å². The lowest BCUT2D eigenvalue weighted by atomic mass is 9.96. The number of fused-ring (bicyclic) bond motifs is 3. The van der Waals surface area contributed by atoms with Crippen LogP contribution in [-0.2, 0) is 0 Å². The van der Waals surface area contributed by atoms with Gasteiger partial charge in [0.15, 0.2) is 0 Å². The van der Waals surface area contributed by atoms with E-state index in [4.69, 9.17) is 4.42 Å². The first-order valence-electron chi connectivity index (χ1n) is 11.8. The van der Waals surface area contributed by atoms with Gasteiger partial charge in [0.25, 0.3) is 11.8 Å². The Kier molecular flexibility index (Phi) is 6.06. The third-order valence-electron chi connectivity index (χ3n) is 6.16. The minimum Gasteiger partial charge on any atom is -0.454 e. The van der Waals surface area contributed by atoms with Crippen molar-refractivity contribution < 1.29 is 18.4 Å². The van der Waals surface area contributed by atoms with Crippen molar-refractivity contribution in [2.45, 2.75) is 13.8 Å². The van der Waals surface area contributed by atoms with E-state index in [2.05, 4.69) is 15.6 Å². The zero-order chi connectivity index (χ0) is 25.4. The second kappa shape index (κ2) is 9.34. The molecular formula is C29H26FN3O3. The van der Waals surface area contributed by atoms with Gasteiger partial charge in [-0.3, -0.25) is 9.59 Å². The molecule has 2 heterocycles. The van der Waals surface area contributed by atoms with Crippen LogP contribution in [0.25, 0.3) is 44.3 Å². The number of aromatic nitrogens is 1. The third kappa shape index (κ3) is 4.13. The van der Waals surface area contributed by atoms with Crippen molar-refractivity contribution in [2.24, 2.45) is 5.92 Å². The number of halogens is 1. The summed E-state index contributed by atoms with van der Waals surface area (Å²) < 4.78 is 19.8. The van der Waals surface area contributed by atoms with Crippen molar-refractivity contribution in [2.75, 3.05) is 13.6 Å². The fourth-order valence-corrected chi connectivity index (χ4v) is 4.39. The van der Waals surface area contributed by atoms with Gasteiger partial charge in [-0.15, -0.1) is 0 Å². The number of nitrogens with one attached hydrogen (secondary N) is 3. The van der Waals surface area contributed by atoms with Crippen LogP contribution >= 0.6 is 0 Å². The molecule has 36 heavy (non-hydrogen) atoms. The Hall–Kier alpha value is -4.39. The Balaban J connectivity index is 1.72. The van der Waals surface area contributed by atoms with Crippen LogP contribution in [0.5, 0.6) is 0 Å². The normalized spacial score (nSPS) is 11.4. The van der Waals surface area contributed by atoms with Gasteiger partial charge in [-0.05, 0) is 60.0 Å². The second-order valence-corrected chi connectivity index (χ2v) is 9.14. The van der Waals surface area contributed by atoms with E-state index < -0.39 is 0 Å². The van der Waals surface area contributed by atoms with Crippen LogP contribution in [0, 0.1) is 11.7 Å². The molecule has 0 bridgehead atoms. The molecule has 0 atom stereocenters. The summed E-state index contributed by atoms with van der Waals surface area (Å²) in [5, 5.41) is 7.08. The average molecular weight is 484 g/mol. The highest BCUT2D eigenvalue weighted by molar-refractivity contribution is 6.19. The third-order valence-corrected chi connectivity index (χ3v) is 6.16. The zero-order valence-electron chi connectivity index (χ0n) is 20.2. The zero-order valence-corrected chi connectivity index (χ0v) is 20.2. The Morgan fingerprint density at radius 3 is 2.47 bits per heavy atom. The minimum absolute atomic E-state index is 0.137. The van der Waals surface area contributed by atoms with Gasteiger partial charge in [-0.1, -0.05) is 26.0 Å². The molecule has 0 unspecified atom stereocenters. The van der Waals surface area contributed by atoms with Crippen molar-refractivity contribution in [1.29, 1.82) is 0 Å². The molecule has 0 spiro atoms. The van der Waals surface area contributed by atoms with E-state index in [0.29, 0.717) is 45.9 Å². The summed E-state index contributed by atoms with van der Waals surface area (Å²) in [6.07, 6.45) is 1.81. The number of carbonyl (C=O) groups is 2. The molecule has 3 N–H and O–H groups in total. The first-order valence-corrected chi connectivity index (χ1v) is 11.8. The number of hydrogen-bond donors (Lipinski definition) is 3. The van der Waals surface area contributed by atoms with Crippen LogP contribution in [0.2, 0.25) is 0 Å². The van der Waals surface area contributed by atoms with Gasteiger partial charge in [-0.2, -0.15) is 0 Å². The molecule has 5 aromatic rings. The number of amides is 2. The van der Waals surface area contributed by atoms with E-state index in [1.54, 1.807) is 25.2 Å². The molecule has 0 fully saturated rings. The smallest absolute Gasteiger partial charge is 0.255 e. The van der Waals surface area contributed by atoms with Gasteiger partial charge < -0.3 is 20.0 Å². The highest BCUT2D eigenvalue weighted by Crippen LogP contribution is 2.41. The van der Waals surface area contributed by atoms with Crippen molar-refractivity contribution in [1.82, 2.24) is 15.6 Å². The second-order valence-electron chi connectivity index (χ2n) is 9.14. The SMILES string of the molecule is CNC(=O)c1c(-c2ccc(F)cc2)oc2c1cc(-c1cccc(C(=O)NCC(C)C)c1)c1[nH]ccc12. The van der Waals surface area contributed by atoms with Crippen LogP contribution < -0.4 is 10.6 Å². The molecule has 2 amide bonds. The van der Waals surface area contributed by atoms with E-state index in [1.807, 2.05) is 50.4 Å². The topological polar surface area (TPSA) is 87.1 Å². The number of rotatable bonds is 6. The lowest BCUT2D eigenvalue weighted by molar-refractivity contribution is 0.0945. The number of benzene rings is 3. The van der Waals surface area contributed by atoms with Crippen molar-refractivity contribution in [3.8, 4) is 22.5 Å². The Bertz CT molecular complexity index is 1600. The summed E-state index contributed by atoms with van der Waals surface area (Å²) in [6, 6.07) is 17.1. The van der Waals surface area contributed by atoms with Gasteiger partial charge >= 0.3 is 0 Å². The molecule has 2 aromatic heterocycles. The molecule has 0 aliphatic carbocycles. The monoisotopic (exact) mass is 483 g/mol. The van der Waals surface area contributed by atoms with E-state index in [9.17, 15) is 14.0 Å². The number of furan rings is 1. The molecule has 0 saturated carbocycles. The van der Waals surface area contributed by atoms with Gasteiger partial charge in [0.2, 0.25) is 0 Å². The van der Waals surface area contributed by atoms with Gasteiger partial charge in [0, 0.05) is 47.3 Å². The molecule has 6 nitrogen and oxygen atoms in total. The number of aromatic amines is 1. The summed E-state index contributed by atoms with van der Waals surface area (Å²) in [7, 11) is 1.56. The molecule has 0 aliphatic rings. The highest BCUT2D eigenvalue weighted by Gasteiger charge is 2.25. The fraction of sp³-hybridized carbons (Fsp3) is 0.172. The fourth-order valence-electron chi connectivity index (χ4n) is 4.39. The van der Waals surface area contributed by atoms with Crippen molar-refractivity contribution >= 4 is 33.7 Å². The van der Waals surface area contributed by atoms with Crippen molar-refractivity contribution in [3.05, 3.63) is 83.8 Å². The first kappa shape index (κ1) is 23.4. The summed E-state index contributed by atoms with van der Waals surface area (Å²) in [4.78, 5) is 29.0. The molecule has 7 heteroatoms. The molecule has 5 rings (SSSR count). The summed E-state index contributed by atoms with van der Waals surface area (Å²) in [6.45, 7) is 4.68. The lowest BCUT2D eigenvalue weighted by Gasteiger charge is -2.10. The largest absolute Gasteiger partial charge is 0.454 e. The Morgan fingerprint density at radius 2 is 1.75 bits per heavy atom. The summed E-state index contributed by atoms with van der Waals surface area (Å²) >= 11 is 0. The Morgan fingerprint density at radius 1 is 0.972 bits per heavy atom. The number of carbonyl (C=O) groups excluding carboxylic acids is 2. The number of H-pyrrole nitrogens is 1. The molecule has 0 radical (unpaired) electrons. The molecule has 0 saturated heterocycles. The molecule has 3 aromatic carbocycles. The van der Waals surface area contributed by atoms with Crippen LogP contribution in [-0.4, -0.2) is 30.4 Å². The quantitative estimate of drug-likeness (QED) is 0.271. The maximum atomic E-state index is 13.6. The van der Waals surface area contributed by atoms with E-state index in [0.717, 1.165) is 22.0 Å². The summed E-state index contributed by atoms with van der Waals surface area (Å²) in [5.41, 5.74) is 4.56. The van der Waals surface area contributed by atoms with Crippen LogP contribution in [0.3, 0.4) is 0 Å². The predicted octanol–water partition coefficient (Wildman–Crippen LogP) is 6.13. The standard InChI is InChI=1S/C29H26FN3O3/c1-16(2)15-33-28(34)19-6-4-5-18(13-19)22-14-23-24(29(35)31-3)26(17-7-9-20(30)10-8-17)36-27(23)21-11-12-32-25(21)22/h4-14,16,32H,15H2,1-3H3,(H,31,35)(H,33,34). The van der Waals surface area contributed by atoms with Crippen LogP contribution in [0.15, 0.2) is 71.3 Å². The van der Waals surface area contributed by atoms with Gasteiger partial charge in [0.05, 0.1) is 11.1 Å². The number of hydrogen-bond acceptors (Lipinski definition) is 3. The molecule has 182 valence electrons. The molecular weight excluding hydrogens is 457 g/mol. The lowest BCUT2D eigenvalue weighted by Crippen LogP contribution is -2.27. The van der Waals surface area contributed by atoms with Gasteiger partial charge in [0.1, 0.15) is 17.2 Å². The maximum Gasteiger partial charge on any atom is 0.255 e. The predicted molar refractivity (Wildman–Crippen MR) is 139 cm³/mol. The van der Waals surface area contributed by atoms with E-state index in [-0.39, 0.29) is 17.6 Å². The average Bonchev–Trinajstić information content (AvgIpc) is 3.52. The van der Waals surface area contributed by atoms with Crippen LogP contribution in [0.4, 0.5) is 4.39 Å². The first-order chi connectivity index (χ1) is 17.4. The molecule has 0 aliphatic heterocycles.